The lowest BCUT2D eigenvalue weighted by molar-refractivity contribution is -0.00588. The highest BCUT2D eigenvalue weighted by Gasteiger charge is 2.50. The van der Waals surface area contributed by atoms with Gasteiger partial charge in [0.05, 0.1) is 7.11 Å². The van der Waals surface area contributed by atoms with Gasteiger partial charge < -0.3 is 9.47 Å². The van der Waals surface area contributed by atoms with Gasteiger partial charge in [-0.3, -0.25) is 4.90 Å². The van der Waals surface area contributed by atoms with Gasteiger partial charge in [0.25, 0.3) is 0 Å². The van der Waals surface area contributed by atoms with Crippen molar-refractivity contribution in [2.75, 3.05) is 7.11 Å². The molecule has 2 atom stereocenters. The Labute approximate surface area is 146 Å². The third-order valence-electron chi connectivity index (χ3n) is 4.75. The van der Waals surface area contributed by atoms with E-state index in [1.165, 1.54) is 19.3 Å². The molecule has 1 amide bonds. The molecule has 0 radical (unpaired) electrons. The number of rotatable bonds is 1. The molecule has 2 aliphatic rings. The van der Waals surface area contributed by atoms with Crippen molar-refractivity contribution in [1.29, 1.82) is 0 Å². The Morgan fingerprint density at radius 1 is 1.08 bits per heavy atom. The van der Waals surface area contributed by atoms with Crippen molar-refractivity contribution in [3.05, 3.63) is 0 Å². The van der Waals surface area contributed by atoms with Gasteiger partial charge in [0.1, 0.15) is 17.8 Å². The van der Waals surface area contributed by atoms with Crippen LogP contribution in [0, 0.1) is 11.3 Å². The molecular weight excluding hydrogens is 304 g/mol. The van der Waals surface area contributed by atoms with Crippen LogP contribution in [0.2, 0.25) is 0 Å². The van der Waals surface area contributed by atoms with E-state index < -0.39 is 5.60 Å². The number of hydrogen-bond acceptors (Lipinski definition) is 4. The van der Waals surface area contributed by atoms with E-state index >= 15 is 0 Å². The first-order chi connectivity index (χ1) is 11.0. The molecule has 24 heavy (non-hydrogen) atoms. The lowest BCUT2D eigenvalue weighted by Gasteiger charge is -2.40. The van der Waals surface area contributed by atoms with Crippen LogP contribution >= 0.6 is 0 Å². The molecule has 5 nitrogen and oxygen atoms in total. The number of carbonyl (C=O) groups excluding carboxylic acids is 1. The van der Waals surface area contributed by atoms with Gasteiger partial charge in [-0.2, -0.15) is 0 Å². The molecule has 0 bridgehead atoms. The van der Waals surface area contributed by atoms with Gasteiger partial charge in [0.15, 0.2) is 0 Å². The molecule has 0 saturated heterocycles. The first kappa shape index (κ1) is 19.1. The maximum Gasteiger partial charge on any atom is 0.412 e. The van der Waals surface area contributed by atoms with Crippen molar-refractivity contribution in [3.63, 3.8) is 0 Å². The number of ether oxygens (including phenoxy) is 2. The monoisotopic (exact) mass is 338 g/mol. The molecular formula is C19H34N2O3. The Hall–Kier alpha value is -1.26. The molecule has 1 aliphatic heterocycles. The predicted octanol–water partition coefficient (Wildman–Crippen LogP) is 4.60. The SMILES string of the molecule is COC1=N[C@H](C(C)(C)C)N(C(=O)OC(C)(C)C)[C@H]1C1CCCCC1. The summed E-state index contributed by atoms with van der Waals surface area (Å²) in [5.74, 6) is 1.09. The Bertz CT molecular complexity index is 482. The third-order valence-corrected chi connectivity index (χ3v) is 4.75. The summed E-state index contributed by atoms with van der Waals surface area (Å²) in [6, 6.07) is -0.102. The van der Waals surface area contributed by atoms with Crippen LogP contribution in [-0.2, 0) is 9.47 Å². The molecule has 0 spiro atoms. The zero-order valence-corrected chi connectivity index (χ0v) is 16.4. The molecule has 0 unspecified atom stereocenters. The Morgan fingerprint density at radius 3 is 2.12 bits per heavy atom. The number of nitrogens with zero attached hydrogens (tertiary/aromatic N) is 2. The third kappa shape index (κ3) is 4.22. The normalized spacial score (nSPS) is 26.3. The highest BCUT2D eigenvalue weighted by Crippen LogP contribution is 2.39. The van der Waals surface area contributed by atoms with Crippen LogP contribution in [-0.4, -0.2) is 41.8 Å². The van der Waals surface area contributed by atoms with Crippen LogP contribution in [0.5, 0.6) is 0 Å². The van der Waals surface area contributed by atoms with E-state index in [9.17, 15) is 4.79 Å². The fourth-order valence-electron chi connectivity index (χ4n) is 3.72. The van der Waals surface area contributed by atoms with E-state index in [1.807, 2.05) is 25.7 Å². The molecule has 0 aromatic rings. The van der Waals surface area contributed by atoms with E-state index in [4.69, 9.17) is 14.5 Å². The van der Waals surface area contributed by atoms with Gasteiger partial charge in [-0.15, -0.1) is 0 Å². The lowest BCUT2D eigenvalue weighted by Crippen LogP contribution is -2.53. The standard InChI is InChI=1S/C19H34N2O3/c1-18(2,3)16-20-15(23-7)14(13-11-9-8-10-12-13)21(16)17(22)24-19(4,5)6/h13-14,16H,8-12H2,1-7H3/t14-,16-/m0/s1. The second-order valence-electron chi connectivity index (χ2n) is 9.14. The van der Waals surface area contributed by atoms with Crippen molar-refractivity contribution in [2.45, 2.75) is 91.5 Å². The second-order valence-corrected chi connectivity index (χ2v) is 9.14. The summed E-state index contributed by atoms with van der Waals surface area (Å²) in [5.41, 5.74) is -0.698. The minimum absolute atomic E-state index is 0.102. The van der Waals surface area contributed by atoms with Crippen LogP contribution < -0.4 is 0 Å². The van der Waals surface area contributed by atoms with E-state index in [0.717, 1.165) is 12.8 Å². The quantitative estimate of drug-likeness (QED) is 0.702. The first-order valence-corrected chi connectivity index (χ1v) is 9.17. The lowest BCUT2D eigenvalue weighted by atomic mass is 9.82. The zero-order valence-electron chi connectivity index (χ0n) is 16.4. The van der Waals surface area contributed by atoms with Crippen LogP contribution in [0.25, 0.3) is 0 Å². The van der Waals surface area contributed by atoms with Crippen molar-refractivity contribution >= 4 is 12.0 Å². The predicted molar refractivity (Wildman–Crippen MR) is 96.1 cm³/mol. The smallest absolute Gasteiger partial charge is 0.412 e. The topological polar surface area (TPSA) is 51.1 Å². The first-order valence-electron chi connectivity index (χ1n) is 9.17. The molecule has 1 heterocycles. The Balaban J connectivity index is 2.35. The molecule has 0 aromatic carbocycles. The van der Waals surface area contributed by atoms with Gasteiger partial charge in [0.2, 0.25) is 5.90 Å². The second kappa shape index (κ2) is 6.93. The average molecular weight is 338 g/mol. The highest BCUT2D eigenvalue weighted by atomic mass is 16.6. The molecule has 1 saturated carbocycles. The summed E-state index contributed by atoms with van der Waals surface area (Å²) in [4.78, 5) is 19.6. The van der Waals surface area contributed by atoms with Gasteiger partial charge in [0, 0.05) is 5.41 Å². The highest BCUT2D eigenvalue weighted by molar-refractivity contribution is 5.89. The fourth-order valence-corrected chi connectivity index (χ4v) is 3.72. The van der Waals surface area contributed by atoms with Crippen LogP contribution in [0.3, 0.4) is 0 Å². The Morgan fingerprint density at radius 2 is 1.67 bits per heavy atom. The average Bonchev–Trinajstić information content (AvgIpc) is 2.86. The number of methoxy groups -OCH3 is 1. The fraction of sp³-hybridized carbons (Fsp3) is 0.895. The number of hydrogen-bond donors (Lipinski definition) is 0. The molecule has 0 aromatic heterocycles. The molecule has 0 N–H and O–H groups in total. The van der Waals surface area contributed by atoms with Crippen LogP contribution in [0.4, 0.5) is 4.79 Å². The molecule has 138 valence electrons. The molecule has 1 aliphatic carbocycles. The zero-order chi connectivity index (χ0) is 18.1. The van der Waals surface area contributed by atoms with Crippen LogP contribution in [0.1, 0.15) is 73.6 Å². The summed E-state index contributed by atoms with van der Waals surface area (Å²) >= 11 is 0. The van der Waals surface area contributed by atoms with Crippen molar-refractivity contribution in [2.24, 2.45) is 16.3 Å². The van der Waals surface area contributed by atoms with Crippen molar-refractivity contribution in [1.82, 2.24) is 4.90 Å². The van der Waals surface area contributed by atoms with E-state index in [1.54, 1.807) is 7.11 Å². The van der Waals surface area contributed by atoms with Gasteiger partial charge in [-0.05, 0) is 39.5 Å². The van der Waals surface area contributed by atoms with E-state index in [0.29, 0.717) is 11.8 Å². The maximum absolute atomic E-state index is 13.0. The summed E-state index contributed by atoms with van der Waals surface area (Å²) in [6.07, 6.45) is 5.38. The van der Waals surface area contributed by atoms with Crippen molar-refractivity contribution in [3.8, 4) is 0 Å². The van der Waals surface area contributed by atoms with Gasteiger partial charge in [-0.1, -0.05) is 40.0 Å². The Kier molecular flexibility index (Phi) is 5.50. The largest absolute Gasteiger partial charge is 0.483 e. The van der Waals surface area contributed by atoms with Crippen LogP contribution in [0.15, 0.2) is 4.99 Å². The molecule has 5 heteroatoms. The van der Waals surface area contributed by atoms with Crippen molar-refractivity contribution < 1.29 is 14.3 Å². The number of carbonyl (C=O) groups is 1. The minimum atomic E-state index is -0.521. The molecule has 2 rings (SSSR count). The number of aliphatic imine (C=N–C) groups is 1. The summed E-state index contributed by atoms with van der Waals surface area (Å²) in [6.45, 7) is 12.0. The number of amides is 1. The van der Waals surface area contributed by atoms with Gasteiger partial charge in [-0.25, -0.2) is 9.79 Å². The van der Waals surface area contributed by atoms with E-state index in [2.05, 4.69) is 20.8 Å². The van der Waals surface area contributed by atoms with Gasteiger partial charge >= 0.3 is 6.09 Å². The van der Waals surface area contributed by atoms with E-state index in [-0.39, 0.29) is 23.7 Å². The maximum atomic E-state index is 13.0. The summed E-state index contributed by atoms with van der Waals surface area (Å²) in [5, 5.41) is 0. The summed E-state index contributed by atoms with van der Waals surface area (Å²) < 4.78 is 11.3. The molecule has 1 fully saturated rings. The minimum Gasteiger partial charge on any atom is -0.483 e. The summed E-state index contributed by atoms with van der Waals surface area (Å²) in [7, 11) is 1.66.